The summed E-state index contributed by atoms with van der Waals surface area (Å²) in [7, 11) is 0. The molecule has 0 saturated heterocycles. The minimum absolute atomic E-state index is 0.0605. The normalized spacial score (nSPS) is 13.8. The summed E-state index contributed by atoms with van der Waals surface area (Å²) in [6, 6.07) is 5.33. The predicted octanol–water partition coefficient (Wildman–Crippen LogP) is 4.49. The van der Waals surface area contributed by atoms with Crippen molar-refractivity contribution in [2.75, 3.05) is 0 Å². The first-order chi connectivity index (χ1) is 7.79. The fraction of sp³-hybridized carbons (Fsp3) is 0.500. The molecule has 1 unspecified atom stereocenters. The van der Waals surface area contributed by atoms with Gasteiger partial charge in [-0.3, -0.25) is 0 Å². The lowest BCUT2D eigenvalue weighted by Crippen LogP contribution is -2.13. The Kier molecular flexibility index (Phi) is 5.01. The van der Waals surface area contributed by atoms with Crippen LogP contribution in [0.1, 0.15) is 36.4 Å². The molecule has 0 radical (unpaired) electrons. The molecule has 1 rings (SSSR count). The molecular formula is C12H15BrF3N. The first kappa shape index (κ1) is 14.5. The van der Waals surface area contributed by atoms with Crippen molar-refractivity contribution >= 4 is 15.9 Å². The van der Waals surface area contributed by atoms with E-state index in [2.05, 4.69) is 15.9 Å². The third kappa shape index (κ3) is 5.08. The maximum atomic E-state index is 12.0. The van der Waals surface area contributed by atoms with Gasteiger partial charge in [-0.05, 0) is 37.0 Å². The van der Waals surface area contributed by atoms with E-state index in [0.717, 1.165) is 15.6 Å². The van der Waals surface area contributed by atoms with Crippen LogP contribution < -0.4 is 5.73 Å². The van der Waals surface area contributed by atoms with Gasteiger partial charge in [0.05, 0.1) is 0 Å². The van der Waals surface area contributed by atoms with E-state index in [1.54, 1.807) is 0 Å². The summed E-state index contributed by atoms with van der Waals surface area (Å²) in [6.07, 6.45) is -4.47. The van der Waals surface area contributed by atoms with Crippen molar-refractivity contribution in [3.63, 3.8) is 0 Å². The summed E-state index contributed by atoms with van der Waals surface area (Å²) >= 11 is 3.38. The van der Waals surface area contributed by atoms with Gasteiger partial charge in [-0.1, -0.05) is 28.1 Å². The van der Waals surface area contributed by atoms with E-state index < -0.39 is 12.6 Å². The number of alkyl halides is 3. The smallest absolute Gasteiger partial charge is 0.324 e. The highest BCUT2D eigenvalue weighted by Crippen LogP contribution is 2.29. The third-order valence-electron chi connectivity index (χ3n) is 2.53. The fourth-order valence-electron chi connectivity index (χ4n) is 1.61. The lowest BCUT2D eigenvalue weighted by Gasteiger charge is -2.15. The number of aryl methyl sites for hydroxylation is 1. The number of rotatable bonds is 4. The molecule has 0 heterocycles. The lowest BCUT2D eigenvalue weighted by molar-refractivity contribution is -0.135. The Bertz CT molecular complexity index is 377. The van der Waals surface area contributed by atoms with Gasteiger partial charge in [0.1, 0.15) is 0 Å². The van der Waals surface area contributed by atoms with Crippen LogP contribution in [0, 0.1) is 6.92 Å². The fourth-order valence-corrected chi connectivity index (χ4v) is 2.40. The molecule has 1 nitrogen and oxygen atoms in total. The highest BCUT2D eigenvalue weighted by atomic mass is 79.9. The Morgan fingerprint density at radius 1 is 1.35 bits per heavy atom. The van der Waals surface area contributed by atoms with E-state index in [4.69, 9.17) is 5.73 Å². The van der Waals surface area contributed by atoms with Gasteiger partial charge in [-0.25, -0.2) is 0 Å². The van der Waals surface area contributed by atoms with Gasteiger partial charge in [0.15, 0.2) is 0 Å². The average Bonchev–Trinajstić information content (AvgIpc) is 2.15. The SMILES string of the molecule is Cc1ccc(C(N)CCCC(F)(F)F)c(Br)c1. The van der Waals surface area contributed by atoms with Crippen LogP contribution in [0.4, 0.5) is 13.2 Å². The minimum Gasteiger partial charge on any atom is -0.324 e. The molecule has 0 bridgehead atoms. The van der Waals surface area contributed by atoms with Gasteiger partial charge in [0.25, 0.3) is 0 Å². The molecule has 1 aromatic carbocycles. The zero-order chi connectivity index (χ0) is 13.1. The molecule has 0 spiro atoms. The van der Waals surface area contributed by atoms with E-state index in [9.17, 15) is 13.2 Å². The van der Waals surface area contributed by atoms with Gasteiger partial charge in [-0.15, -0.1) is 0 Å². The van der Waals surface area contributed by atoms with Crippen LogP contribution in [0.2, 0.25) is 0 Å². The lowest BCUT2D eigenvalue weighted by atomic mass is 10.0. The Hall–Kier alpha value is -0.550. The summed E-state index contributed by atoms with van der Waals surface area (Å²) in [5.74, 6) is 0. The summed E-state index contributed by atoms with van der Waals surface area (Å²) in [5, 5.41) is 0. The largest absolute Gasteiger partial charge is 0.389 e. The molecule has 0 aliphatic rings. The highest BCUT2D eigenvalue weighted by molar-refractivity contribution is 9.10. The molecule has 0 aliphatic carbocycles. The minimum atomic E-state index is -4.09. The van der Waals surface area contributed by atoms with Crippen molar-refractivity contribution in [1.29, 1.82) is 0 Å². The second kappa shape index (κ2) is 5.87. The van der Waals surface area contributed by atoms with Gasteiger partial charge in [-0.2, -0.15) is 13.2 Å². The van der Waals surface area contributed by atoms with Gasteiger partial charge in [0.2, 0.25) is 0 Å². The van der Waals surface area contributed by atoms with Crippen molar-refractivity contribution < 1.29 is 13.2 Å². The number of nitrogens with two attached hydrogens (primary N) is 1. The number of hydrogen-bond acceptors (Lipinski definition) is 1. The van der Waals surface area contributed by atoms with Crippen molar-refractivity contribution in [2.45, 2.75) is 38.4 Å². The van der Waals surface area contributed by atoms with Crippen LogP contribution in [0.25, 0.3) is 0 Å². The molecule has 1 aromatic rings. The van der Waals surface area contributed by atoms with Crippen molar-refractivity contribution in [3.8, 4) is 0 Å². The zero-order valence-electron chi connectivity index (χ0n) is 9.52. The maximum absolute atomic E-state index is 12.0. The summed E-state index contributed by atoms with van der Waals surface area (Å²) < 4.78 is 36.8. The van der Waals surface area contributed by atoms with E-state index >= 15 is 0 Å². The van der Waals surface area contributed by atoms with Crippen molar-refractivity contribution in [3.05, 3.63) is 33.8 Å². The predicted molar refractivity (Wildman–Crippen MR) is 65.7 cm³/mol. The number of hydrogen-bond donors (Lipinski definition) is 1. The van der Waals surface area contributed by atoms with Crippen LogP contribution >= 0.6 is 15.9 Å². The van der Waals surface area contributed by atoms with E-state index in [1.165, 1.54) is 0 Å². The second-order valence-electron chi connectivity index (χ2n) is 4.14. The Morgan fingerprint density at radius 2 is 2.00 bits per heavy atom. The van der Waals surface area contributed by atoms with Crippen LogP contribution in [-0.2, 0) is 0 Å². The third-order valence-corrected chi connectivity index (χ3v) is 3.22. The van der Waals surface area contributed by atoms with Crippen LogP contribution in [0.15, 0.2) is 22.7 Å². The Morgan fingerprint density at radius 3 is 2.53 bits per heavy atom. The summed E-state index contributed by atoms with van der Waals surface area (Å²) in [4.78, 5) is 0. The van der Waals surface area contributed by atoms with Gasteiger partial charge in [0, 0.05) is 16.9 Å². The number of benzene rings is 1. The van der Waals surface area contributed by atoms with Crippen molar-refractivity contribution in [1.82, 2.24) is 0 Å². The molecule has 17 heavy (non-hydrogen) atoms. The van der Waals surface area contributed by atoms with E-state index in [0.29, 0.717) is 6.42 Å². The Balaban J connectivity index is 2.55. The van der Waals surface area contributed by atoms with Crippen LogP contribution in [0.3, 0.4) is 0 Å². The first-order valence-electron chi connectivity index (χ1n) is 5.38. The number of halogens is 4. The Labute approximate surface area is 107 Å². The molecule has 96 valence electrons. The monoisotopic (exact) mass is 309 g/mol. The molecule has 0 aromatic heterocycles. The van der Waals surface area contributed by atoms with E-state index in [1.807, 2.05) is 25.1 Å². The molecule has 0 fully saturated rings. The first-order valence-corrected chi connectivity index (χ1v) is 6.17. The molecule has 5 heteroatoms. The topological polar surface area (TPSA) is 26.0 Å². The van der Waals surface area contributed by atoms with E-state index in [-0.39, 0.29) is 12.5 Å². The quantitative estimate of drug-likeness (QED) is 0.871. The second-order valence-corrected chi connectivity index (χ2v) is 4.99. The van der Waals surface area contributed by atoms with Crippen LogP contribution in [-0.4, -0.2) is 6.18 Å². The molecule has 0 aliphatic heterocycles. The average molecular weight is 310 g/mol. The molecule has 0 amide bonds. The maximum Gasteiger partial charge on any atom is 0.389 e. The van der Waals surface area contributed by atoms with Crippen molar-refractivity contribution in [2.24, 2.45) is 5.73 Å². The van der Waals surface area contributed by atoms with Gasteiger partial charge >= 0.3 is 6.18 Å². The molecule has 0 saturated carbocycles. The molecular weight excluding hydrogens is 295 g/mol. The standard InChI is InChI=1S/C12H15BrF3N/c1-8-4-5-9(10(13)7-8)11(17)3-2-6-12(14,15)16/h4-5,7,11H,2-3,6,17H2,1H3. The van der Waals surface area contributed by atoms with Crippen LogP contribution in [0.5, 0.6) is 0 Å². The summed E-state index contributed by atoms with van der Waals surface area (Å²) in [6.45, 7) is 1.95. The zero-order valence-corrected chi connectivity index (χ0v) is 11.1. The highest BCUT2D eigenvalue weighted by Gasteiger charge is 2.26. The van der Waals surface area contributed by atoms with Gasteiger partial charge < -0.3 is 5.73 Å². The molecule has 1 atom stereocenters. The molecule has 2 N–H and O–H groups in total. The summed E-state index contributed by atoms with van der Waals surface area (Å²) in [5.41, 5.74) is 7.82.